The van der Waals surface area contributed by atoms with Crippen LogP contribution in [0.4, 0.5) is 4.79 Å². The Bertz CT molecular complexity index is 580. The van der Waals surface area contributed by atoms with Crippen molar-refractivity contribution in [1.29, 1.82) is 0 Å². The predicted octanol–water partition coefficient (Wildman–Crippen LogP) is 3.26. The summed E-state index contributed by atoms with van der Waals surface area (Å²) >= 11 is 1.62. The van der Waals surface area contributed by atoms with E-state index in [9.17, 15) is 19.2 Å². The Balaban J connectivity index is 1.94. The largest absolute Gasteiger partial charge is 0.338 e. The maximum absolute atomic E-state index is 12.0. The molecule has 2 N–H and O–H groups in total. The smallest absolute Gasteiger partial charge is 0.315 e. The van der Waals surface area contributed by atoms with Crippen molar-refractivity contribution in [2.24, 2.45) is 0 Å². The van der Waals surface area contributed by atoms with Gasteiger partial charge >= 0.3 is 6.03 Å². The second-order valence-electron chi connectivity index (χ2n) is 8.08. The summed E-state index contributed by atoms with van der Waals surface area (Å²) in [6, 6.07) is -0.299. The van der Waals surface area contributed by atoms with Crippen LogP contribution in [-0.4, -0.2) is 58.2 Å². The quantitative estimate of drug-likeness (QED) is 0.328. The molecule has 0 bridgehead atoms. The van der Waals surface area contributed by atoms with Gasteiger partial charge in [0.2, 0.25) is 11.8 Å². The first-order valence-corrected chi connectivity index (χ1v) is 11.8. The minimum absolute atomic E-state index is 0.0188. The number of nitrogens with zero attached hydrogens (tertiary/aromatic N) is 1. The Labute approximate surface area is 179 Å². The van der Waals surface area contributed by atoms with Crippen molar-refractivity contribution < 1.29 is 19.2 Å². The van der Waals surface area contributed by atoms with Gasteiger partial charge in [0.25, 0.3) is 0 Å². The van der Waals surface area contributed by atoms with Crippen LogP contribution in [0.1, 0.15) is 79.1 Å². The zero-order valence-corrected chi connectivity index (χ0v) is 19.2. The Morgan fingerprint density at radius 2 is 1.66 bits per heavy atom. The molecule has 0 aromatic heterocycles. The van der Waals surface area contributed by atoms with Crippen LogP contribution in [-0.2, 0) is 14.4 Å². The molecule has 0 aromatic rings. The molecule has 166 valence electrons. The Kier molecular flexibility index (Phi) is 11.3. The number of ketones is 1. The highest BCUT2D eigenvalue weighted by Crippen LogP contribution is 2.26. The number of Topliss-reactive ketones (excluding diaryl/α,β-unsaturated/α-hetero) is 1. The van der Waals surface area contributed by atoms with Gasteiger partial charge in [-0.1, -0.05) is 32.1 Å². The fourth-order valence-electron chi connectivity index (χ4n) is 3.07. The van der Waals surface area contributed by atoms with Crippen LogP contribution in [0.15, 0.2) is 0 Å². The molecule has 1 heterocycles. The lowest BCUT2D eigenvalue weighted by Crippen LogP contribution is -2.52. The zero-order chi connectivity index (χ0) is 21.9. The monoisotopic (exact) mass is 427 g/mol. The number of likely N-dealkylation sites (tertiary alicyclic amines) is 1. The maximum Gasteiger partial charge on any atom is 0.315 e. The molecule has 1 saturated heterocycles. The normalized spacial score (nSPS) is 17.0. The average molecular weight is 428 g/mol. The van der Waals surface area contributed by atoms with E-state index in [1.54, 1.807) is 25.6 Å². The van der Waals surface area contributed by atoms with E-state index in [0.717, 1.165) is 37.9 Å². The third-order valence-corrected chi connectivity index (χ3v) is 6.55. The summed E-state index contributed by atoms with van der Waals surface area (Å²) < 4.78 is 0. The van der Waals surface area contributed by atoms with Crippen molar-refractivity contribution in [3.8, 4) is 0 Å². The lowest BCUT2D eigenvalue weighted by Gasteiger charge is -2.23. The highest BCUT2D eigenvalue weighted by Gasteiger charge is 2.37. The minimum atomic E-state index is -0.835. The number of rotatable bonds is 14. The van der Waals surface area contributed by atoms with E-state index in [4.69, 9.17) is 0 Å². The van der Waals surface area contributed by atoms with Gasteiger partial charge in [0.1, 0.15) is 0 Å². The van der Waals surface area contributed by atoms with Crippen LogP contribution in [0, 0.1) is 0 Å². The van der Waals surface area contributed by atoms with Gasteiger partial charge in [-0.05, 0) is 46.3 Å². The fraction of sp³-hybridized carbons (Fsp3) is 0.810. The summed E-state index contributed by atoms with van der Waals surface area (Å²) in [5.74, 6) is 0.799. The third-order valence-electron chi connectivity index (χ3n) is 5.25. The standard InChI is InChI=1S/C21H37N3O4S/c1-5-24-18(26)15-17(19(24)27)29-14-12-10-8-6-7-9-11-13-22-20(28)23-21(3,4)16(2)25/h17H,5-15H2,1-4H3,(H2,22,23,28). The van der Waals surface area contributed by atoms with Crippen LogP contribution < -0.4 is 10.6 Å². The van der Waals surface area contributed by atoms with E-state index in [-0.39, 0.29) is 28.9 Å². The third kappa shape index (κ3) is 9.19. The van der Waals surface area contributed by atoms with Crippen LogP contribution in [0.5, 0.6) is 0 Å². The van der Waals surface area contributed by atoms with Crippen LogP contribution in [0.25, 0.3) is 0 Å². The Morgan fingerprint density at radius 3 is 2.21 bits per heavy atom. The number of hydrogen-bond donors (Lipinski definition) is 2. The fourth-order valence-corrected chi connectivity index (χ4v) is 4.26. The summed E-state index contributed by atoms with van der Waals surface area (Å²) in [5, 5.41) is 5.29. The first kappa shape index (κ1) is 25.5. The van der Waals surface area contributed by atoms with E-state index in [1.165, 1.54) is 24.7 Å². The van der Waals surface area contributed by atoms with Crippen LogP contribution >= 0.6 is 11.8 Å². The number of carbonyl (C=O) groups is 4. The molecule has 1 fully saturated rings. The summed E-state index contributed by atoms with van der Waals surface area (Å²) in [5.41, 5.74) is -0.835. The Hall–Kier alpha value is -1.57. The highest BCUT2D eigenvalue weighted by molar-refractivity contribution is 8.00. The molecule has 1 aliphatic heterocycles. The minimum Gasteiger partial charge on any atom is -0.338 e. The van der Waals surface area contributed by atoms with Crippen LogP contribution in [0.3, 0.4) is 0 Å². The van der Waals surface area contributed by atoms with E-state index in [0.29, 0.717) is 19.5 Å². The molecular formula is C21H37N3O4S. The number of amides is 4. The molecule has 1 atom stereocenters. The highest BCUT2D eigenvalue weighted by atomic mass is 32.2. The molecule has 1 aliphatic rings. The number of nitrogens with one attached hydrogen (secondary N) is 2. The van der Waals surface area contributed by atoms with Crippen molar-refractivity contribution in [3.05, 3.63) is 0 Å². The first-order valence-electron chi connectivity index (χ1n) is 10.7. The molecule has 0 spiro atoms. The Morgan fingerprint density at radius 1 is 1.07 bits per heavy atom. The van der Waals surface area contributed by atoms with Crippen molar-refractivity contribution in [1.82, 2.24) is 15.5 Å². The number of hydrogen-bond acceptors (Lipinski definition) is 5. The number of urea groups is 1. The van der Waals surface area contributed by atoms with E-state index >= 15 is 0 Å². The molecule has 0 aromatic carbocycles. The molecule has 1 rings (SSSR count). The second kappa shape index (κ2) is 12.9. The SMILES string of the molecule is CCN1C(=O)CC(SCCCCCCCCCNC(=O)NC(C)(C)C(C)=O)C1=O. The van der Waals surface area contributed by atoms with Crippen molar-refractivity contribution in [2.75, 3.05) is 18.8 Å². The molecule has 0 radical (unpaired) electrons. The summed E-state index contributed by atoms with van der Waals surface area (Å²) in [6.45, 7) is 7.78. The topological polar surface area (TPSA) is 95.6 Å². The van der Waals surface area contributed by atoms with Gasteiger partial charge in [0.05, 0.1) is 10.8 Å². The van der Waals surface area contributed by atoms with Crippen molar-refractivity contribution in [2.45, 2.75) is 89.9 Å². The van der Waals surface area contributed by atoms with Crippen molar-refractivity contribution in [3.63, 3.8) is 0 Å². The molecule has 7 nitrogen and oxygen atoms in total. The van der Waals surface area contributed by atoms with Gasteiger partial charge in [-0.3, -0.25) is 19.3 Å². The van der Waals surface area contributed by atoms with Gasteiger partial charge in [-0.25, -0.2) is 4.79 Å². The van der Waals surface area contributed by atoms with Gasteiger partial charge in [0, 0.05) is 19.5 Å². The number of imide groups is 1. The molecule has 4 amide bonds. The lowest BCUT2D eigenvalue weighted by molar-refractivity contribution is -0.137. The first-order chi connectivity index (χ1) is 13.7. The van der Waals surface area contributed by atoms with Crippen LogP contribution in [0.2, 0.25) is 0 Å². The van der Waals surface area contributed by atoms with E-state index < -0.39 is 5.54 Å². The molecule has 0 aliphatic carbocycles. The summed E-state index contributed by atoms with van der Waals surface area (Å²) in [6.07, 6.45) is 8.03. The average Bonchev–Trinajstić information content (AvgIpc) is 2.91. The van der Waals surface area contributed by atoms with Gasteiger partial charge in [-0.2, -0.15) is 0 Å². The predicted molar refractivity (Wildman–Crippen MR) is 117 cm³/mol. The van der Waals surface area contributed by atoms with Gasteiger partial charge in [0.15, 0.2) is 5.78 Å². The number of thioether (sulfide) groups is 1. The molecule has 8 heteroatoms. The van der Waals surface area contributed by atoms with Gasteiger partial charge in [-0.15, -0.1) is 11.8 Å². The van der Waals surface area contributed by atoms with Crippen molar-refractivity contribution >= 4 is 35.4 Å². The van der Waals surface area contributed by atoms with E-state index in [2.05, 4.69) is 10.6 Å². The van der Waals surface area contributed by atoms with E-state index in [1.807, 2.05) is 6.92 Å². The second-order valence-corrected chi connectivity index (χ2v) is 9.39. The number of unbranched alkanes of at least 4 members (excludes halogenated alkanes) is 6. The lowest BCUT2D eigenvalue weighted by atomic mass is 10.0. The molecular weight excluding hydrogens is 390 g/mol. The molecule has 0 saturated carbocycles. The summed E-state index contributed by atoms with van der Waals surface area (Å²) in [4.78, 5) is 48.2. The van der Waals surface area contributed by atoms with Gasteiger partial charge < -0.3 is 10.6 Å². The molecule has 1 unspecified atom stereocenters. The molecule has 29 heavy (non-hydrogen) atoms. The number of carbonyl (C=O) groups excluding carboxylic acids is 4. The summed E-state index contributed by atoms with van der Waals surface area (Å²) in [7, 11) is 0. The maximum atomic E-state index is 12.0. The zero-order valence-electron chi connectivity index (χ0n) is 18.3.